The highest BCUT2D eigenvalue weighted by Gasteiger charge is 2.26. The zero-order chi connectivity index (χ0) is 17.4. The third kappa shape index (κ3) is 5.49. The molecule has 0 aromatic heterocycles. The summed E-state index contributed by atoms with van der Waals surface area (Å²) in [6.07, 6.45) is 4.36. The molecule has 0 bridgehead atoms. The van der Waals surface area contributed by atoms with Gasteiger partial charge in [0, 0.05) is 20.2 Å². The highest BCUT2D eigenvalue weighted by Crippen LogP contribution is 2.23. The van der Waals surface area contributed by atoms with E-state index >= 15 is 0 Å². The molecule has 1 saturated heterocycles. The molecule has 1 aromatic rings. The van der Waals surface area contributed by atoms with Crippen LogP contribution in [0.2, 0.25) is 0 Å². The summed E-state index contributed by atoms with van der Waals surface area (Å²) < 4.78 is 10.4. The molecule has 1 atom stereocenters. The van der Waals surface area contributed by atoms with Crippen molar-refractivity contribution < 1.29 is 14.3 Å². The van der Waals surface area contributed by atoms with Crippen LogP contribution in [0.3, 0.4) is 0 Å². The Kier molecular flexibility index (Phi) is 7.53. The first kappa shape index (κ1) is 18.7. The molecule has 0 radical (unpaired) electrons. The molecule has 5 heteroatoms. The van der Waals surface area contributed by atoms with Crippen LogP contribution in [0.15, 0.2) is 24.3 Å². The largest absolute Gasteiger partial charge is 0.494 e. The number of carbonyl (C=O) groups is 1. The van der Waals surface area contributed by atoms with Crippen LogP contribution in [0.5, 0.6) is 5.75 Å². The molecule has 1 aliphatic rings. The zero-order valence-electron chi connectivity index (χ0n) is 14.9. The molecule has 5 nitrogen and oxygen atoms in total. The molecule has 0 saturated carbocycles. The standard InChI is InChI=1S/C19H30N2O3/c1-3-24-17-8-6-15(7-9-17)4-5-16-10-12-21(13-11-16)19(22)18(20)14-23-2/h6-9,16,18H,3-5,10-14,20H2,1-2H3. The van der Waals surface area contributed by atoms with Crippen LogP contribution in [0.1, 0.15) is 31.7 Å². The smallest absolute Gasteiger partial charge is 0.241 e. The molecular formula is C19H30N2O3. The number of hydrogen-bond donors (Lipinski definition) is 1. The Morgan fingerprint density at radius 3 is 2.54 bits per heavy atom. The summed E-state index contributed by atoms with van der Waals surface area (Å²) in [5, 5.41) is 0. The van der Waals surface area contributed by atoms with Crippen molar-refractivity contribution in [3.8, 4) is 5.75 Å². The van der Waals surface area contributed by atoms with Gasteiger partial charge < -0.3 is 20.1 Å². The molecule has 2 rings (SSSR count). The Hall–Kier alpha value is -1.59. The van der Waals surface area contributed by atoms with E-state index in [1.165, 1.54) is 12.0 Å². The first-order valence-corrected chi connectivity index (χ1v) is 8.89. The number of benzene rings is 1. The monoisotopic (exact) mass is 334 g/mol. The normalized spacial score (nSPS) is 16.9. The van der Waals surface area contributed by atoms with E-state index in [9.17, 15) is 4.79 Å². The Morgan fingerprint density at radius 1 is 1.29 bits per heavy atom. The number of aryl methyl sites for hydroxylation is 1. The Balaban J connectivity index is 1.72. The van der Waals surface area contributed by atoms with Gasteiger partial charge in [0.15, 0.2) is 0 Å². The molecule has 1 aliphatic heterocycles. The van der Waals surface area contributed by atoms with E-state index in [-0.39, 0.29) is 12.5 Å². The number of nitrogens with zero attached hydrogens (tertiary/aromatic N) is 1. The molecule has 1 fully saturated rings. The number of likely N-dealkylation sites (tertiary alicyclic amines) is 1. The van der Waals surface area contributed by atoms with Crippen LogP contribution in [0, 0.1) is 5.92 Å². The third-order valence-corrected chi connectivity index (χ3v) is 4.67. The van der Waals surface area contributed by atoms with Crippen LogP contribution in [0.4, 0.5) is 0 Å². The predicted molar refractivity (Wildman–Crippen MR) is 95.1 cm³/mol. The van der Waals surface area contributed by atoms with Crippen molar-refractivity contribution in [3.05, 3.63) is 29.8 Å². The lowest BCUT2D eigenvalue weighted by Gasteiger charge is -2.33. The van der Waals surface area contributed by atoms with Gasteiger partial charge in [-0.15, -0.1) is 0 Å². The van der Waals surface area contributed by atoms with Crippen molar-refractivity contribution in [2.45, 2.75) is 38.6 Å². The molecule has 1 heterocycles. The van der Waals surface area contributed by atoms with Gasteiger partial charge in [0.05, 0.1) is 13.2 Å². The van der Waals surface area contributed by atoms with Crippen molar-refractivity contribution in [2.75, 3.05) is 33.4 Å². The molecule has 1 aromatic carbocycles. The summed E-state index contributed by atoms with van der Waals surface area (Å²) in [6.45, 7) is 4.60. The summed E-state index contributed by atoms with van der Waals surface area (Å²) in [4.78, 5) is 14.1. The lowest BCUT2D eigenvalue weighted by atomic mass is 9.90. The second-order valence-corrected chi connectivity index (χ2v) is 6.45. The van der Waals surface area contributed by atoms with Crippen LogP contribution < -0.4 is 10.5 Å². The van der Waals surface area contributed by atoms with Crippen LogP contribution in [-0.4, -0.2) is 50.3 Å². The fraction of sp³-hybridized carbons (Fsp3) is 0.632. The van der Waals surface area contributed by atoms with Gasteiger partial charge in [-0.2, -0.15) is 0 Å². The number of methoxy groups -OCH3 is 1. The maximum absolute atomic E-state index is 12.2. The summed E-state index contributed by atoms with van der Waals surface area (Å²) in [7, 11) is 1.57. The van der Waals surface area contributed by atoms with E-state index in [0.29, 0.717) is 12.5 Å². The molecule has 1 amide bonds. The van der Waals surface area contributed by atoms with E-state index in [1.54, 1.807) is 7.11 Å². The minimum Gasteiger partial charge on any atom is -0.494 e. The van der Waals surface area contributed by atoms with Crippen molar-refractivity contribution in [1.82, 2.24) is 4.90 Å². The molecule has 1 unspecified atom stereocenters. The van der Waals surface area contributed by atoms with Gasteiger partial charge in [-0.3, -0.25) is 4.79 Å². The lowest BCUT2D eigenvalue weighted by molar-refractivity contribution is -0.135. The maximum Gasteiger partial charge on any atom is 0.241 e. The van der Waals surface area contributed by atoms with E-state index in [0.717, 1.165) is 38.1 Å². The third-order valence-electron chi connectivity index (χ3n) is 4.67. The van der Waals surface area contributed by atoms with Crippen LogP contribution >= 0.6 is 0 Å². The number of ether oxygens (including phenoxy) is 2. The minimum atomic E-state index is -0.532. The summed E-state index contributed by atoms with van der Waals surface area (Å²) in [5.74, 6) is 1.63. The van der Waals surface area contributed by atoms with Crippen molar-refractivity contribution in [1.29, 1.82) is 0 Å². The maximum atomic E-state index is 12.2. The fourth-order valence-electron chi connectivity index (χ4n) is 3.22. The number of piperidine rings is 1. The van der Waals surface area contributed by atoms with Crippen molar-refractivity contribution in [3.63, 3.8) is 0 Å². The first-order chi connectivity index (χ1) is 11.6. The van der Waals surface area contributed by atoms with E-state index in [4.69, 9.17) is 15.2 Å². The van der Waals surface area contributed by atoms with Crippen LogP contribution in [0.25, 0.3) is 0 Å². The molecule has 0 spiro atoms. The van der Waals surface area contributed by atoms with Gasteiger partial charge in [0.25, 0.3) is 0 Å². The number of carbonyl (C=O) groups excluding carboxylic acids is 1. The van der Waals surface area contributed by atoms with Crippen LogP contribution in [-0.2, 0) is 16.0 Å². The minimum absolute atomic E-state index is 0.0156. The highest BCUT2D eigenvalue weighted by molar-refractivity contribution is 5.81. The number of amides is 1. The van der Waals surface area contributed by atoms with Gasteiger partial charge in [0.1, 0.15) is 11.8 Å². The number of hydrogen-bond acceptors (Lipinski definition) is 4. The zero-order valence-corrected chi connectivity index (χ0v) is 14.9. The highest BCUT2D eigenvalue weighted by atomic mass is 16.5. The van der Waals surface area contributed by atoms with E-state index in [2.05, 4.69) is 12.1 Å². The van der Waals surface area contributed by atoms with E-state index in [1.807, 2.05) is 24.0 Å². The predicted octanol–water partition coefficient (Wildman–Crippen LogP) is 2.23. The molecule has 0 aliphatic carbocycles. The molecule has 24 heavy (non-hydrogen) atoms. The quantitative estimate of drug-likeness (QED) is 0.792. The Morgan fingerprint density at radius 2 is 1.96 bits per heavy atom. The second-order valence-electron chi connectivity index (χ2n) is 6.45. The van der Waals surface area contributed by atoms with Crippen molar-refractivity contribution >= 4 is 5.91 Å². The average molecular weight is 334 g/mol. The number of rotatable bonds is 8. The summed E-state index contributed by atoms with van der Waals surface area (Å²) >= 11 is 0. The fourth-order valence-corrected chi connectivity index (χ4v) is 3.22. The van der Waals surface area contributed by atoms with Crippen molar-refractivity contribution in [2.24, 2.45) is 11.7 Å². The van der Waals surface area contributed by atoms with E-state index < -0.39 is 6.04 Å². The van der Waals surface area contributed by atoms with Gasteiger partial charge in [-0.25, -0.2) is 0 Å². The topological polar surface area (TPSA) is 64.8 Å². The molecular weight excluding hydrogens is 304 g/mol. The summed E-state index contributed by atoms with van der Waals surface area (Å²) in [6, 6.07) is 7.84. The average Bonchev–Trinajstić information content (AvgIpc) is 2.61. The molecule has 134 valence electrons. The van der Waals surface area contributed by atoms with Gasteiger partial charge >= 0.3 is 0 Å². The second kappa shape index (κ2) is 9.64. The SMILES string of the molecule is CCOc1ccc(CCC2CCN(C(=O)C(N)COC)CC2)cc1. The van der Waals surface area contributed by atoms with Gasteiger partial charge in [-0.1, -0.05) is 12.1 Å². The first-order valence-electron chi connectivity index (χ1n) is 8.89. The van der Waals surface area contributed by atoms with Gasteiger partial charge in [0.2, 0.25) is 5.91 Å². The number of nitrogens with two attached hydrogens (primary N) is 1. The Labute approximate surface area is 145 Å². The molecule has 2 N–H and O–H groups in total. The van der Waals surface area contributed by atoms with Gasteiger partial charge in [-0.05, 0) is 56.2 Å². The lowest BCUT2D eigenvalue weighted by Crippen LogP contribution is -2.48. The summed E-state index contributed by atoms with van der Waals surface area (Å²) in [5.41, 5.74) is 7.18. The Bertz CT molecular complexity index is 496.